The quantitative estimate of drug-likeness (QED) is 0.345. The van der Waals surface area contributed by atoms with Crippen molar-refractivity contribution in [2.45, 2.75) is 24.1 Å². The normalized spacial score (nSPS) is 12.0. The van der Waals surface area contributed by atoms with Crippen molar-refractivity contribution in [1.82, 2.24) is 9.38 Å². The van der Waals surface area contributed by atoms with Gasteiger partial charge >= 0.3 is 5.97 Å². The summed E-state index contributed by atoms with van der Waals surface area (Å²) in [4.78, 5) is 17.5. The average Bonchev–Trinajstić information content (AvgIpc) is 3.12. The summed E-state index contributed by atoms with van der Waals surface area (Å²) in [6.45, 7) is 4.01. The molecule has 0 aliphatic rings. The maximum Gasteiger partial charge on any atom is 0.324 e. The molecule has 0 saturated carbocycles. The zero-order valence-electron chi connectivity index (χ0n) is 16.1. The van der Waals surface area contributed by atoms with E-state index in [1.54, 1.807) is 6.92 Å². The van der Waals surface area contributed by atoms with Gasteiger partial charge in [0.2, 0.25) is 0 Å². The van der Waals surface area contributed by atoms with Crippen LogP contribution in [-0.2, 0) is 9.53 Å². The number of pyridine rings is 1. The first-order valence-electron chi connectivity index (χ1n) is 9.33. The van der Waals surface area contributed by atoms with E-state index in [0.717, 1.165) is 27.2 Å². The first-order valence-corrected chi connectivity index (χ1v) is 10.2. The SMILES string of the molecule is CCOC(=O)[C@H](Sc1cc(C)c(C#N)c2nc3ccccc3n12)c1ccccc1. The summed E-state index contributed by atoms with van der Waals surface area (Å²) in [5.41, 5.74) is 4.55. The van der Waals surface area contributed by atoms with E-state index in [9.17, 15) is 10.1 Å². The molecule has 0 aliphatic carbocycles. The van der Waals surface area contributed by atoms with Crippen LogP contribution in [0.3, 0.4) is 0 Å². The van der Waals surface area contributed by atoms with Crippen LogP contribution < -0.4 is 0 Å². The number of imidazole rings is 1. The summed E-state index contributed by atoms with van der Waals surface area (Å²) >= 11 is 1.41. The van der Waals surface area contributed by atoms with Crippen molar-refractivity contribution in [3.63, 3.8) is 0 Å². The van der Waals surface area contributed by atoms with Gasteiger partial charge in [-0.15, -0.1) is 0 Å². The Labute approximate surface area is 172 Å². The first-order chi connectivity index (χ1) is 14.1. The smallest absolute Gasteiger partial charge is 0.324 e. The summed E-state index contributed by atoms with van der Waals surface area (Å²) in [7, 11) is 0. The van der Waals surface area contributed by atoms with Crippen LogP contribution in [0.4, 0.5) is 0 Å². The van der Waals surface area contributed by atoms with E-state index in [2.05, 4.69) is 11.1 Å². The Hall–Kier alpha value is -3.30. The fourth-order valence-electron chi connectivity index (χ4n) is 3.36. The van der Waals surface area contributed by atoms with Crippen molar-refractivity contribution in [3.05, 3.63) is 77.4 Å². The van der Waals surface area contributed by atoms with Gasteiger partial charge in [-0.1, -0.05) is 54.2 Å². The molecule has 0 fully saturated rings. The van der Waals surface area contributed by atoms with Crippen molar-refractivity contribution >= 4 is 34.4 Å². The zero-order valence-corrected chi connectivity index (χ0v) is 16.9. The van der Waals surface area contributed by atoms with Gasteiger partial charge in [-0.2, -0.15) is 5.26 Å². The predicted octanol–water partition coefficient (Wildman–Crippen LogP) is 5.06. The number of carbonyl (C=O) groups excluding carboxylic acids is 1. The molecule has 29 heavy (non-hydrogen) atoms. The number of aromatic nitrogens is 2. The Morgan fingerprint density at radius 1 is 1.21 bits per heavy atom. The number of carbonyl (C=O) groups is 1. The van der Waals surface area contributed by atoms with Crippen molar-refractivity contribution in [1.29, 1.82) is 5.26 Å². The van der Waals surface area contributed by atoms with Crippen LogP contribution in [0.1, 0.15) is 28.9 Å². The van der Waals surface area contributed by atoms with Gasteiger partial charge in [-0.05, 0) is 43.2 Å². The molecule has 1 atom stereocenters. The van der Waals surface area contributed by atoms with Crippen LogP contribution in [0.2, 0.25) is 0 Å². The average molecular weight is 401 g/mol. The minimum Gasteiger partial charge on any atom is -0.465 e. The van der Waals surface area contributed by atoms with E-state index >= 15 is 0 Å². The van der Waals surface area contributed by atoms with Crippen molar-refractivity contribution in [3.8, 4) is 6.07 Å². The predicted molar refractivity (Wildman–Crippen MR) is 114 cm³/mol. The molecule has 6 heteroatoms. The number of ether oxygens (including phenoxy) is 1. The second kappa shape index (κ2) is 7.98. The number of hydrogen-bond acceptors (Lipinski definition) is 5. The highest BCUT2D eigenvalue weighted by Crippen LogP contribution is 2.39. The number of aryl methyl sites for hydroxylation is 1. The van der Waals surface area contributed by atoms with E-state index in [1.165, 1.54) is 11.8 Å². The third-order valence-corrected chi connectivity index (χ3v) is 5.93. The topological polar surface area (TPSA) is 67.4 Å². The van der Waals surface area contributed by atoms with E-state index in [-0.39, 0.29) is 5.97 Å². The highest BCUT2D eigenvalue weighted by atomic mass is 32.2. The molecule has 0 unspecified atom stereocenters. The molecule has 4 rings (SSSR count). The van der Waals surface area contributed by atoms with Gasteiger partial charge in [-0.25, -0.2) is 4.98 Å². The van der Waals surface area contributed by atoms with Gasteiger partial charge in [0.05, 0.1) is 28.2 Å². The molecule has 0 spiro atoms. The number of benzene rings is 2. The van der Waals surface area contributed by atoms with Gasteiger partial charge in [-0.3, -0.25) is 9.20 Å². The number of fused-ring (bicyclic) bond motifs is 3. The van der Waals surface area contributed by atoms with Crippen molar-refractivity contribution in [2.75, 3.05) is 6.61 Å². The minimum absolute atomic E-state index is 0.289. The summed E-state index contributed by atoms with van der Waals surface area (Å²) in [5, 5.41) is 9.99. The van der Waals surface area contributed by atoms with Crippen molar-refractivity contribution in [2.24, 2.45) is 0 Å². The first kappa shape index (κ1) is 19.0. The van der Waals surface area contributed by atoms with Gasteiger partial charge in [0, 0.05) is 0 Å². The van der Waals surface area contributed by atoms with Gasteiger partial charge in [0.1, 0.15) is 11.3 Å². The van der Waals surface area contributed by atoms with Crippen LogP contribution in [-0.4, -0.2) is 22.0 Å². The maximum absolute atomic E-state index is 12.8. The summed E-state index contributed by atoms with van der Waals surface area (Å²) in [6.07, 6.45) is 0. The summed E-state index contributed by atoms with van der Waals surface area (Å²) in [6, 6.07) is 21.6. The summed E-state index contributed by atoms with van der Waals surface area (Å²) in [5.74, 6) is -0.289. The van der Waals surface area contributed by atoms with Gasteiger partial charge in [0.15, 0.2) is 5.65 Å². The molecule has 2 aromatic carbocycles. The number of nitrogens with zero attached hydrogens (tertiary/aromatic N) is 3. The van der Waals surface area contributed by atoms with Crippen molar-refractivity contribution < 1.29 is 9.53 Å². The molecule has 0 aliphatic heterocycles. The lowest BCUT2D eigenvalue weighted by atomic mass is 10.1. The van der Waals surface area contributed by atoms with E-state index in [1.807, 2.05) is 72.0 Å². The summed E-state index contributed by atoms with van der Waals surface area (Å²) < 4.78 is 7.31. The number of esters is 1. The third kappa shape index (κ3) is 3.45. The van der Waals surface area contributed by atoms with E-state index in [4.69, 9.17) is 4.74 Å². The second-order valence-electron chi connectivity index (χ2n) is 6.57. The molecular weight excluding hydrogens is 382 g/mol. The molecule has 0 amide bonds. The number of thioether (sulfide) groups is 1. The lowest BCUT2D eigenvalue weighted by Gasteiger charge is -2.17. The lowest BCUT2D eigenvalue weighted by molar-refractivity contribution is -0.142. The molecular formula is C23H19N3O2S. The monoisotopic (exact) mass is 401 g/mol. The van der Waals surface area contributed by atoms with Gasteiger partial charge < -0.3 is 4.74 Å². The third-order valence-electron chi connectivity index (χ3n) is 4.69. The Balaban J connectivity index is 1.92. The molecule has 4 aromatic rings. The van der Waals surface area contributed by atoms with Crippen LogP contribution in [0.15, 0.2) is 65.7 Å². The Bertz CT molecular complexity index is 1240. The van der Waals surface area contributed by atoms with E-state index in [0.29, 0.717) is 17.8 Å². The zero-order chi connectivity index (χ0) is 20.4. The van der Waals surface area contributed by atoms with Gasteiger partial charge in [0.25, 0.3) is 0 Å². The molecule has 2 heterocycles. The largest absolute Gasteiger partial charge is 0.465 e. The molecule has 0 saturated heterocycles. The fraction of sp³-hybridized carbons (Fsp3) is 0.174. The number of nitriles is 1. The molecule has 2 aromatic heterocycles. The van der Waals surface area contributed by atoms with Crippen LogP contribution >= 0.6 is 11.8 Å². The Morgan fingerprint density at radius 2 is 1.93 bits per heavy atom. The standard InChI is InChI=1S/C23H19N3O2S/c1-3-28-23(27)21(16-9-5-4-6-10-16)29-20-13-15(2)17(14-24)22-25-18-11-7-8-12-19(18)26(20)22/h4-13,21H,3H2,1-2H3/t21-/m1/s1. The molecule has 0 bridgehead atoms. The number of hydrogen-bond donors (Lipinski definition) is 0. The molecule has 0 N–H and O–H groups in total. The maximum atomic E-state index is 12.8. The highest BCUT2D eigenvalue weighted by Gasteiger charge is 2.26. The minimum atomic E-state index is -0.521. The number of para-hydroxylation sites is 2. The molecule has 5 nitrogen and oxygen atoms in total. The van der Waals surface area contributed by atoms with Crippen LogP contribution in [0.25, 0.3) is 16.7 Å². The molecule has 0 radical (unpaired) electrons. The highest BCUT2D eigenvalue weighted by molar-refractivity contribution is 8.00. The van der Waals surface area contributed by atoms with E-state index < -0.39 is 5.25 Å². The number of rotatable bonds is 5. The van der Waals surface area contributed by atoms with Crippen LogP contribution in [0.5, 0.6) is 0 Å². The second-order valence-corrected chi connectivity index (χ2v) is 7.70. The van der Waals surface area contributed by atoms with Crippen LogP contribution in [0, 0.1) is 18.3 Å². The lowest BCUT2D eigenvalue weighted by Crippen LogP contribution is -2.14. The fourth-order valence-corrected chi connectivity index (χ4v) is 4.59. The Morgan fingerprint density at radius 3 is 2.66 bits per heavy atom. The molecule has 144 valence electrons. The Kier molecular flexibility index (Phi) is 5.24.